The average molecular weight is 2620 g/mol. The summed E-state index contributed by atoms with van der Waals surface area (Å²) >= 11 is 24.5. The smallest absolute Gasteiger partial charge is 0.423 e. The molecule has 0 bridgehead atoms. The van der Waals surface area contributed by atoms with E-state index in [-0.39, 0.29) is 57.0 Å². The molecule has 0 atom stereocenters. The molecule has 30 heteroatoms. The van der Waals surface area contributed by atoms with E-state index in [0.29, 0.717) is 14.6 Å². The Morgan fingerprint density at radius 3 is 1.05 bits per heavy atom. The minimum atomic E-state index is -1.34. The van der Waals surface area contributed by atoms with Crippen molar-refractivity contribution in [2.24, 2.45) is 0 Å². The molecule has 0 radical (unpaired) electrons. The first-order valence-corrected chi connectivity index (χ1v) is 56.6. The van der Waals surface area contributed by atoms with Gasteiger partial charge in [-0.3, -0.25) is 20.2 Å². The van der Waals surface area contributed by atoms with Gasteiger partial charge >= 0.3 is 28.3 Å². The number of rotatable bonds is 11. The number of nitrogens with one attached hydrogen (secondary N) is 1. The van der Waals surface area contributed by atoms with Gasteiger partial charge in [0, 0.05) is 97.3 Å². The quantitative estimate of drug-likeness (QED) is 0.0363. The number of hydrogen-bond acceptors (Lipinski definition) is 12. The van der Waals surface area contributed by atoms with Crippen LogP contribution in [0.2, 0.25) is 0 Å². The van der Waals surface area contributed by atoms with Crippen molar-refractivity contribution in [2.45, 2.75) is 117 Å². The van der Waals surface area contributed by atoms with Crippen molar-refractivity contribution < 1.29 is 47.8 Å². The number of fused-ring (bicyclic) bond motifs is 9. The summed E-state index contributed by atoms with van der Waals surface area (Å²) in [5, 5.41) is 50.1. The highest BCUT2D eigenvalue weighted by Crippen LogP contribution is 2.45. The van der Waals surface area contributed by atoms with E-state index in [4.69, 9.17) is 38.0 Å². The van der Waals surface area contributed by atoms with E-state index in [1.165, 1.54) is 103 Å². The minimum absolute atomic E-state index is 0.120. The average Bonchev–Trinajstić information content (AvgIpc) is 1.59. The Bertz CT molecular complexity index is 7730. The Hall–Kier alpha value is -10.4. The first-order valence-electron chi connectivity index (χ1n) is 48.3. The summed E-state index contributed by atoms with van der Waals surface area (Å²) in [4.78, 5) is 23.8. The third kappa shape index (κ3) is 29.6. The Morgan fingerprint density at radius 2 is 0.640 bits per heavy atom. The van der Waals surface area contributed by atoms with Crippen molar-refractivity contribution in [3.63, 3.8) is 0 Å². The van der Waals surface area contributed by atoms with Gasteiger partial charge in [-0.2, -0.15) is 0 Å². The number of hydrogen-bond donors (Lipinski definition) is 3. The molecule has 17 aromatic carbocycles. The minimum Gasteiger partial charge on any atom is -0.423 e. The van der Waals surface area contributed by atoms with E-state index in [2.05, 4.69) is 433 Å². The summed E-state index contributed by atoms with van der Waals surface area (Å²) in [7, 11) is -3.09. The molecule has 6 heterocycles. The molecule has 3 aliphatic rings. The van der Waals surface area contributed by atoms with Gasteiger partial charge in [-0.1, -0.05) is 375 Å². The molecule has 3 N–H and O–H groups in total. The summed E-state index contributed by atoms with van der Waals surface area (Å²) in [5.74, 6) is 0. The van der Waals surface area contributed by atoms with Crippen LogP contribution in [0.5, 0.6) is 0 Å². The van der Waals surface area contributed by atoms with Crippen molar-refractivity contribution in [3.05, 3.63) is 485 Å². The number of nitrogens with zero attached hydrogens (tertiary/aromatic N) is 4. The lowest BCUT2D eigenvalue weighted by Crippen LogP contribution is -2.41. The molecular weight excluding hydrogens is 2510 g/mol. The Kier molecular flexibility index (Phi) is 40.3. The van der Waals surface area contributed by atoms with Gasteiger partial charge in [0.1, 0.15) is 0 Å². The van der Waals surface area contributed by atoms with Gasteiger partial charge in [-0.15, -0.1) is 0 Å². The molecule has 0 saturated carbocycles. The summed E-state index contributed by atoms with van der Waals surface area (Å²) in [5.41, 5.74) is 10.8. The third-order valence-corrected chi connectivity index (χ3v) is 33.1. The number of aromatic nitrogens is 3. The largest absolute Gasteiger partial charge is 0.494 e. The standard InChI is InChI=1S/C24H24BNO2.C18H12BrN.C18H15P.C12H24B2O4.C12H8BrNO2.C12H8BrN.C6H7BO2.C6H4Br2.C6H3BrINO2.C6H5I/c1-23(2)24(3,4)28-25(27-23)17-14-15-22-20(16-17)19-12-8-9-13-21(19)26(22)18-10-6-5-7-11-18;19-13-10-11-18-16(12-13)15-8-4-5-9-17(15)20(18)14-6-2-1-3-7-14;1-4-10-16(11-5-1)19(17-12-6-2-7-13-17)18-14-8-3-9-15-18;1-9(2)10(3,4)16-13(15-9)14-17-11(5,6)12(7,8)18-14;13-10-6-7-12(14(15)16)11(8-10)9-4-2-1-3-5-9;13-8-5-6-12-10(7-8)9-3-1-2-4-11(9)14-12;8-7(9)6-4-2-1-3-5-6;7-5-2-1-3-6(8)4-5;7-4-1-2-6(9(10)11)5(8)3-4;7-6-4-2-1-3-5-6/h5-16H,1-4H3;1-12H;1-15H;1-8H3;1-8H;1-7,14H;1-5,8-9H;1-4H;1-3H;1-5H. The molecule has 23 rings (SSSR count). The van der Waals surface area contributed by atoms with Crippen LogP contribution < -0.4 is 26.8 Å². The fourth-order valence-corrected chi connectivity index (χ4v) is 22.8. The molecular formula is C120H110B4Br6I2N5O12P. The van der Waals surface area contributed by atoms with E-state index in [1.807, 2.05) is 175 Å². The molecule has 150 heavy (non-hydrogen) atoms. The molecule has 0 spiro atoms. The molecule has 760 valence electrons. The van der Waals surface area contributed by atoms with Crippen LogP contribution >= 0.6 is 149 Å². The van der Waals surface area contributed by atoms with Crippen LogP contribution in [-0.4, -0.2) is 95.9 Å². The number of halogens is 8. The normalized spacial score (nSPS) is 14.4. The highest BCUT2D eigenvalue weighted by Gasteiger charge is 2.64. The molecule has 3 aliphatic heterocycles. The molecule has 0 unspecified atom stereocenters. The monoisotopic (exact) mass is 2620 g/mol. The van der Waals surface area contributed by atoms with Crippen molar-refractivity contribution in [1.82, 2.24) is 14.1 Å². The number of aromatic amines is 1. The first kappa shape index (κ1) is 115. The second-order valence-electron chi connectivity index (χ2n) is 38.0. The van der Waals surface area contributed by atoms with Gasteiger partial charge < -0.3 is 52.1 Å². The van der Waals surface area contributed by atoms with Crippen molar-refractivity contribution >= 4 is 281 Å². The van der Waals surface area contributed by atoms with Crippen LogP contribution in [0.15, 0.2) is 458 Å². The lowest BCUT2D eigenvalue weighted by Gasteiger charge is -2.32. The molecule has 17 nitrogen and oxygen atoms in total. The van der Waals surface area contributed by atoms with Crippen LogP contribution in [0.25, 0.3) is 87.9 Å². The molecule has 0 aliphatic carbocycles. The van der Waals surface area contributed by atoms with Gasteiger partial charge in [0.15, 0.2) is 0 Å². The number of H-pyrrole nitrogens is 1. The van der Waals surface area contributed by atoms with Crippen LogP contribution in [-0.2, 0) is 27.9 Å². The van der Waals surface area contributed by atoms with Gasteiger partial charge in [-0.25, -0.2) is 0 Å². The lowest BCUT2D eigenvalue weighted by molar-refractivity contribution is -0.385. The molecule has 3 fully saturated rings. The predicted octanol–water partition coefficient (Wildman–Crippen LogP) is 32.3. The molecule has 3 aromatic heterocycles. The molecule has 20 aromatic rings. The first-order chi connectivity index (χ1) is 71.7. The van der Waals surface area contributed by atoms with Gasteiger partial charge in [0.2, 0.25) is 0 Å². The van der Waals surface area contributed by atoms with Gasteiger partial charge in [0.25, 0.3) is 11.4 Å². The summed E-state index contributed by atoms with van der Waals surface area (Å²) in [6.45, 7) is 24.6. The van der Waals surface area contributed by atoms with Crippen LogP contribution in [0.4, 0.5) is 11.4 Å². The predicted molar refractivity (Wildman–Crippen MR) is 663 cm³/mol. The van der Waals surface area contributed by atoms with Crippen molar-refractivity contribution in [1.29, 1.82) is 0 Å². The highest BCUT2D eigenvalue weighted by molar-refractivity contribution is 14.1. The van der Waals surface area contributed by atoms with Crippen LogP contribution in [0, 0.1) is 27.4 Å². The fourth-order valence-electron chi connectivity index (χ4n) is 16.4. The SMILES string of the molecule is Brc1ccc2[nH]c3ccccc3c2c1.Brc1ccc2c(c1)c1ccccc1n2-c1ccccc1.Brc1cccc(Br)c1.CC1(C)OB(B2OC(C)(C)C(C)(C)O2)OC1(C)C.CC1(C)OB(c2ccc3c(c2)c2ccccc2n3-c2ccccc2)OC1(C)C.Ic1ccccc1.O=[N+]([O-])c1ccc(Br)cc1-c1ccccc1.O=[N+]([O-])c1ccc(Br)cc1I.OB(O)c1ccccc1.c1ccc(P(c2ccccc2)c2ccccc2)cc1. The Balaban J connectivity index is 0.000000134. The number of para-hydroxylation sites is 5. The zero-order valence-electron chi connectivity index (χ0n) is 84.5. The Morgan fingerprint density at radius 1 is 0.313 bits per heavy atom. The van der Waals surface area contributed by atoms with Crippen molar-refractivity contribution in [3.8, 4) is 22.5 Å². The van der Waals surface area contributed by atoms with E-state index < -0.39 is 34.0 Å². The summed E-state index contributed by atoms with van der Waals surface area (Å²) in [6.07, 6.45) is 0. The maximum absolute atomic E-state index is 10.9. The zero-order valence-corrected chi connectivity index (χ0v) is 99.3. The van der Waals surface area contributed by atoms with Crippen molar-refractivity contribution in [2.75, 3.05) is 0 Å². The van der Waals surface area contributed by atoms with E-state index in [9.17, 15) is 20.2 Å². The van der Waals surface area contributed by atoms with Gasteiger partial charge in [-0.05, 0) is 308 Å². The summed E-state index contributed by atoms with van der Waals surface area (Å²) in [6, 6.07) is 144. The zero-order chi connectivity index (χ0) is 107. The Labute approximate surface area is 956 Å². The second-order valence-corrected chi connectivity index (χ2v) is 48.1. The summed E-state index contributed by atoms with van der Waals surface area (Å²) < 4.78 is 49.1. The molecule has 0 amide bonds. The van der Waals surface area contributed by atoms with E-state index >= 15 is 0 Å². The van der Waals surface area contributed by atoms with Crippen LogP contribution in [0.3, 0.4) is 0 Å². The number of nitro groups is 2. The topological polar surface area (TPSA) is 208 Å². The van der Waals surface area contributed by atoms with Crippen LogP contribution in [0.1, 0.15) is 83.1 Å². The maximum Gasteiger partial charge on any atom is 0.494 e. The highest BCUT2D eigenvalue weighted by atomic mass is 127. The lowest BCUT2D eigenvalue weighted by atomic mass is 9.49. The third-order valence-electron chi connectivity index (χ3n) is 26.1. The fraction of sp³-hybridized carbons (Fsp3) is 0.150. The second kappa shape index (κ2) is 52.5. The maximum atomic E-state index is 10.9. The van der Waals surface area contributed by atoms with E-state index in [0.717, 1.165) is 43.5 Å². The number of benzene rings is 17. The number of nitro benzene ring substituents is 2. The van der Waals surface area contributed by atoms with Gasteiger partial charge in [0.05, 0.1) is 74.7 Å². The molecule has 3 saturated heterocycles. The van der Waals surface area contributed by atoms with E-state index in [1.54, 1.807) is 48.5 Å².